The van der Waals surface area contributed by atoms with Crippen LogP contribution in [0.1, 0.15) is 39.9 Å². The topological polar surface area (TPSA) is 32.3 Å². The summed E-state index contributed by atoms with van der Waals surface area (Å²) in [7, 11) is 0. The summed E-state index contributed by atoms with van der Waals surface area (Å²) in [5.74, 6) is -0.000512. The molecule has 0 spiro atoms. The maximum atomic E-state index is 12.5. The minimum absolute atomic E-state index is 0.000512. The average Bonchev–Trinajstić information content (AvgIpc) is 3.17. The van der Waals surface area contributed by atoms with E-state index in [2.05, 4.69) is 30.1 Å². The molecule has 4 heteroatoms. The van der Waals surface area contributed by atoms with Crippen molar-refractivity contribution in [2.75, 3.05) is 23.3 Å². The first-order chi connectivity index (χ1) is 10.7. The number of para-hydroxylation sites is 2. The van der Waals surface area contributed by atoms with E-state index in [1.807, 2.05) is 24.3 Å². The summed E-state index contributed by atoms with van der Waals surface area (Å²) in [4.78, 5) is 16.9. The summed E-state index contributed by atoms with van der Waals surface area (Å²) in [6, 6.07) is 10.1. The maximum absolute atomic E-state index is 12.5. The Morgan fingerprint density at radius 2 is 2.00 bits per heavy atom. The van der Waals surface area contributed by atoms with Gasteiger partial charge in [-0.3, -0.25) is 4.79 Å². The van der Waals surface area contributed by atoms with Gasteiger partial charge in [0, 0.05) is 18.0 Å². The highest BCUT2D eigenvalue weighted by molar-refractivity contribution is 7.14. The fourth-order valence-electron chi connectivity index (χ4n) is 2.98. The fourth-order valence-corrected chi connectivity index (χ4v) is 3.99. The smallest absolute Gasteiger partial charge is 0.265 e. The minimum Gasteiger partial charge on any atom is -0.370 e. The average molecular weight is 314 g/mol. The molecule has 1 N–H and O–H groups in total. The third-order valence-electron chi connectivity index (χ3n) is 4.22. The second-order valence-corrected chi connectivity index (χ2v) is 6.97. The molecular weight excluding hydrogens is 292 g/mol. The highest BCUT2D eigenvalue weighted by atomic mass is 32.1. The molecule has 0 radical (unpaired) electrons. The van der Waals surface area contributed by atoms with Crippen molar-refractivity contribution in [1.82, 2.24) is 0 Å². The van der Waals surface area contributed by atoms with Crippen LogP contribution in [0.25, 0.3) is 0 Å². The fraction of sp³-hybridized carbons (Fsp3) is 0.389. The van der Waals surface area contributed by atoms with Crippen LogP contribution in [0.4, 0.5) is 11.4 Å². The lowest BCUT2D eigenvalue weighted by molar-refractivity contribution is 0.103. The Kier molecular flexibility index (Phi) is 4.48. The van der Waals surface area contributed by atoms with E-state index < -0.39 is 0 Å². The van der Waals surface area contributed by atoms with Crippen molar-refractivity contribution in [3.05, 3.63) is 45.6 Å². The molecule has 1 aliphatic rings. The lowest BCUT2D eigenvalue weighted by Gasteiger charge is -2.21. The number of hydrogen-bond acceptors (Lipinski definition) is 3. The molecule has 0 aliphatic carbocycles. The van der Waals surface area contributed by atoms with Crippen molar-refractivity contribution in [3.8, 4) is 0 Å². The molecule has 0 bridgehead atoms. The van der Waals surface area contributed by atoms with E-state index in [0.29, 0.717) is 0 Å². The van der Waals surface area contributed by atoms with Crippen molar-refractivity contribution in [2.24, 2.45) is 0 Å². The van der Waals surface area contributed by atoms with Gasteiger partial charge in [-0.2, -0.15) is 0 Å². The van der Waals surface area contributed by atoms with Crippen LogP contribution in [0, 0.1) is 6.92 Å². The Hall–Kier alpha value is -1.81. The van der Waals surface area contributed by atoms with Gasteiger partial charge in [-0.25, -0.2) is 0 Å². The highest BCUT2D eigenvalue weighted by Gasteiger charge is 2.18. The third kappa shape index (κ3) is 3.02. The van der Waals surface area contributed by atoms with E-state index in [4.69, 9.17) is 0 Å². The molecule has 2 heterocycles. The molecule has 3 rings (SSSR count). The zero-order valence-corrected chi connectivity index (χ0v) is 14.0. The van der Waals surface area contributed by atoms with Gasteiger partial charge in [0.15, 0.2) is 0 Å². The van der Waals surface area contributed by atoms with Gasteiger partial charge in [0.05, 0.1) is 16.3 Å². The molecule has 1 aliphatic heterocycles. The van der Waals surface area contributed by atoms with Gasteiger partial charge in [0.2, 0.25) is 0 Å². The molecular formula is C18H22N2OS. The molecule has 0 atom stereocenters. The van der Waals surface area contributed by atoms with Crippen molar-refractivity contribution >= 4 is 28.6 Å². The number of amides is 1. The largest absolute Gasteiger partial charge is 0.370 e. The number of nitrogens with one attached hydrogen (secondary N) is 1. The normalized spacial score (nSPS) is 14.4. The van der Waals surface area contributed by atoms with Crippen LogP contribution in [0.3, 0.4) is 0 Å². The summed E-state index contributed by atoms with van der Waals surface area (Å²) >= 11 is 1.58. The Morgan fingerprint density at radius 3 is 2.68 bits per heavy atom. The van der Waals surface area contributed by atoms with E-state index in [1.165, 1.54) is 23.3 Å². The molecule has 1 fully saturated rings. The van der Waals surface area contributed by atoms with Gasteiger partial charge in [0.1, 0.15) is 0 Å². The molecule has 0 saturated carbocycles. The van der Waals surface area contributed by atoms with E-state index in [1.54, 1.807) is 11.3 Å². The van der Waals surface area contributed by atoms with Crippen LogP contribution in [0.2, 0.25) is 0 Å². The molecule has 1 amide bonds. The van der Waals surface area contributed by atoms with Crippen LogP contribution >= 0.6 is 11.3 Å². The highest BCUT2D eigenvalue weighted by Crippen LogP contribution is 2.30. The first-order valence-electron chi connectivity index (χ1n) is 7.93. The Bertz CT molecular complexity index is 671. The number of aryl methyl sites for hydroxylation is 2. The van der Waals surface area contributed by atoms with Crippen LogP contribution in [-0.4, -0.2) is 19.0 Å². The monoisotopic (exact) mass is 314 g/mol. The van der Waals surface area contributed by atoms with E-state index in [9.17, 15) is 4.79 Å². The lowest BCUT2D eigenvalue weighted by Crippen LogP contribution is -2.20. The van der Waals surface area contributed by atoms with Gasteiger partial charge >= 0.3 is 0 Å². The second-order valence-electron chi connectivity index (χ2n) is 5.71. The van der Waals surface area contributed by atoms with Crippen molar-refractivity contribution < 1.29 is 4.79 Å². The molecule has 1 saturated heterocycles. The maximum Gasteiger partial charge on any atom is 0.265 e. The molecule has 2 aromatic rings. The van der Waals surface area contributed by atoms with Crippen LogP contribution in [0.5, 0.6) is 0 Å². The van der Waals surface area contributed by atoms with Gasteiger partial charge in [-0.1, -0.05) is 19.1 Å². The number of carbonyl (C=O) groups is 1. The number of rotatable bonds is 4. The molecule has 0 unspecified atom stereocenters. The number of benzene rings is 1. The number of hydrogen-bond donors (Lipinski definition) is 1. The van der Waals surface area contributed by atoms with E-state index in [-0.39, 0.29) is 5.91 Å². The van der Waals surface area contributed by atoms with Crippen LogP contribution in [-0.2, 0) is 6.42 Å². The summed E-state index contributed by atoms with van der Waals surface area (Å²) in [5, 5.41) is 3.10. The Balaban J connectivity index is 1.81. The molecule has 3 nitrogen and oxygen atoms in total. The summed E-state index contributed by atoms with van der Waals surface area (Å²) in [6.07, 6.45) is 3.43. The number of anilines is 2. The molecule has 1 aromatic carbocycles. The lowest BCUT2D eigenvalue weighted by atomic mass is 10.2. The SMILES string of the molecule is CCc1cc(C(=O)Nc2ccccc2N2CCCC2)sc1C. The standard InChI is InChI=1S/C18H22N2OS/c1-3-14-12-17(22-13(14)2)18(21)19-15-8-4-5-9-16(15)20-10-6-7-11-20/h4-5,8-9,12H,3,6-7,10-11H2,1-2H3,(H,19,21). The zero-order valence-electron chi connectivity index (χ0n) is 13.2. The zero-order chi connectivity index (χ0) is 15.5. The number of carbonyl (C=O) groups excluding carboxylic acids is 1. The van der Waals surface area contributed by atoms with Gasteiger partial charge in [-0.05, 0) is 49.9 Å². The predicted octanol–water partition coefficient (Wildman–Crippen LogP) is 4.47. The Labute approximate surface area is 136 Å². The summed E-state index contributed by atoms with van der Waals surface area (Å²) in [6.45, 7) is 6.35. The van der Waals surface area contributed by atoms with Crippen molar-refractivity contribution in [2.45, 2.75) is 33.1 Å². The van der Waals surface area contributed by atoms with Gasteiger partial charge < -0.3 is 10.2 Å². The number of thiophene rings is 1. The predicted molar refractivity (Wildman–Crippen MR) is 94.3 cm³/mol. The minimum atomic E-state index is -0.000512. The van der Waals surface area contributed by atoms with E-state index >= 15 is 0 Å². The first kappa shape index (κ1) is 15.1. The van der Waals surface area contributed by atoms with Gasteiger partial charge in [-0.15, -0.1) is 11.3 Å². The summed E-state index contributed by atoms with van der Waals surface area (Å²) < 4.78 is 0. The summed E-state index contributed by atoms with van der Waals surface area (Å²) in [5.41, 5.74) is 3.32. The molecule has 116 valence electrons. The third-order valence-corrected chi connectivity index (χ3v) is 5.32. The number of nitrogens with zero attached hydrogens (tertiary/aromatic N) is 1. The van der Waals surface area contributed by atoms with Gasteiger partial charge in [0.25, 0.3) is 5.91 Å². The van der Waals surface area contributed by atoms with Crippen molar-refractivity contribution in [1.29, 1.82) is 0 Å². The van der Waals surface area contributed by atoms with E-state index in [0.717, 1.165) is 35.8 Å². The molecule has 1 aromatic heterocycles. The quantitative estimate of drug-likeness (QED) is 0.903. The second kappa shape index (κ2) is 6.53. The first-order valence-corrected chi connectivity index (χ1v) is 8.75. The Morgan fingerprint density at radius 1 is 1.27 bits per heavy atom. The van der Waals surface area contributed by atoms with Crippen LogP contribution < -0.4 is 10.2 Å². The van der Waals surface area contributed by atoms with Crippen molar-refractivity contribution in [3.63, 3.8) is 0 Å². The molecule has 22 heavy (non-hydrogen) atoms. The van der Waals surface area contributed by atoms with Crippen LogP contribution in [0.15, 0.2) is 30.3 Å².